The molecule has 1 saturated carbocycles. The summed E-state index contributed by atoms with van der Waals surface area (Å²) in [7, 11) is 0. The van der Waals surface area contributed by atoms with Crippen molar-refractivity contribution in [2.45, 2.75) is 56.8 Å². The third kappa shape index (κ3) is 4.67. The first kappa shape index (κ1) is 17.2. The van der Waals surface area contributed by atoms with Gasteiger partial charge in [-0.15, -0.1) is 6.58 Å². The Bertz CT molecular complexity index is 445. The van der Waals surface area contributed by atoms with Gasteiger partial charge in [-0.1, -0.05) is 36.4 Å². The van der Waals surface area contributed by atoms with Crippen molar-refractivity contribution >= 4 is 0 Å². The van der Waals surface area contributed by atoms with Crippen LogP contribution in [0.2, 0.25) is 0 Å². The Morgan fingerprint density at radius 2 is 1.77 bits per heavy atom. The molecule has 0 heterocycles. The van der Waals surface area contributed by atoms with E-state index >= 15 is 0 Å². The van der Waals surface area contributed by atoms with E-state index in [-0.39, 0.29) is 17.9 Å². The smallest absolute Gasteiger partial charge is 0.0599 e. The van der Waals surface area contributed by atoms with E-state index in [0.29, 0.717) is 12.8 Å². The average Bonchev–Trinajstić information content (AvgIpc) is 2.78. The molecule has 0 radical (unpaired) electrons. The molecule has 3 heteroatoms. The minimum absolute atomic E-state index is 0.0689. The summed E-state index contributed by atoms with van der Waals surface area (Å²) in [5.74, 6) is 0.146. The topological polar surface area (TPSA) is 60.7 Å². The molecule has 5 atom stereocenters. The van der Waals surface area contributed by atoms with Gasteiger partial charge in [0.15, 0.2) is 0 Å². The van der Waals surface area contributed by atoms with Crippen LogP contribution in [0.15, 0.2) is 43.0 Å². The van der Waals surface area contributed by atoms with Gasteiger partial charge in [-0.2, -0.15) is 0 Å². The second-order valence-corrected chi connectivity index (χ2v) is 6.48. The maximum atomic E-state index is 10.2. The summed E-state index contributed by atoms with van der Waals surface area (Å²) in [5, 5.41) is 30.3. The van der Waals surface area contributed by atoms with Crippen LogP contribution in [-0.2, 0) is 6.42 Å². The minimum atomic E-state index is -0.457. The van der Waals surface area contributed by atoms with Crippen LogP contribution in [0.4, 0.5) is 0 Å². The lowest BCUT2D eigenvalue weighted by Crippen LogP contribution is -2.23. The minimum Gasteiger partial charge on any atom is -0.393 e. The average molecular weight is 304 g/mol. The SMILES string of the molecule is C=CCC1C(O)CC(O)[C@@H]1CC[C@H](O)CCc1ccccc1. The molecule has 22 heavy (non-hydrogen) atoms. The third-order valence-corrected chi connectivity index (χ3v) is 4.90. The summed E-state index contributed by atoms with van der Waals surface area (Å²) in [6, 6.07) is 10.2. The van der Waals surface area contributed by atoms with Crippen LogP contribution in [-0.4, -0.2) is 33.6 Å². The molecule has 0 aromatic heterocycles. The van der Waals surface area contributed by atoms with Crippen molar-refractivity contribution in [2.75, 3.05) is 0 Å². The molecule has 0 aliphatic heterocycles. The van der Waals surface area contributed by atoms with Gasteiger partial charge < -0.3 is 15.3 Å². The summed E-state index contributed by atoms with van der Waals surface area (Å²) in [6.07, 6.45) is 4.77. The summed E-state index contributed by atoms with van der Waals surface area (Å²) >= 11 is 0. The van der Waals surface area contributed by atoms with Crippen LogP contribution < -0.4 is 0 Å². The molecule has 0 saturated heterocycles. The van der Waals surface area contributed by atoms with E-state index in [0.717, 1.165) is 25.7 Å². The van der Waals surface area contributed by atoms with Gasteiger partial charge in [0.1, 0.15) is 0 Å². The highest BCUT2D eigenvalue weighted by Gasteiger charge is 2.40. The van der Waals surface area contributed by atoms with Crippen molar-refractivity contribution in [3.8, 4) is 0 Å². The molecule has 1 fully saturated rings. The van der Waals surface area contributed by atoms with E-state index in [1.165, 1.54) is 5.56 Å². The van der Waals surface area contributed by atoms with Crippen LogP contribution >= 0.6 is 0 Å². The molecule has 1 aromatic rings. The highest BCUT2D eigenvalue weighted by Crippen LogP contribution is 2.38. The normalized spacial score (nSPS) is 29.4. The number of aryl methyl sites for hydroxylation is 1. The molecular weight excluding hydrogens is 276 g/mol. The number of hydrogen-bond acceptors (Lipinski definition) is 3. The summed E-state index contributed by atoms with van der Waals surface area (Å²) < 4.78 is 0. The van der Waals surface area contributed by atoms with Gasteiger partial charge in [-0.05, 0) is 55.9 Å². The summed E-state index contributed by atoms with van der Waals surface area (Å²) in [6.45, 7) is 3.73. The number of aliphatic hydroxyl groups excluding tert-OH is 3. The van der Waals surface area contributed by atoms with Gasteiger partial charge in [0.05, 0.1) is 18.3 Å². The Labute approximate surface area is 133 Å². The lowest BCUT2D eigenvalue weighted by atomic mass is 9.86. The number of aliphatic hydroxyl groups is 3. The van der Waals surface area contributed by atoms with Crippen molar-refractivity contribution < 1.29 is 15.3 Å². The van der Waals surface area contributed by atoms with E-state index < -0.39 is 12.2 Å². The van der Waals surface area contributed by atoms with Crippen molar-refractivity contribution in [1.82, 2.24) is 0 Å². The van der Waals surface area contributed by atoms with Crippen LogP contribution in [0.25, 0.3) is 0 Å². The number of allylic oxidation sites excluding steroid dienone is 1. The molecule has 1 aromatic carbocycles. The Balaban J connectivity index is 1.77. The van der Waals surface area contributed by atoms with E-state index in [2.05, 4.69) is 18.7 Å². The molecule has 3 nitrogen and oxygen atoms in total. The van der Waals surface area contributed by atoms with Gasteiger partial charge in [-0.3, -0.25) is 0 Å². The zero-order valence-electron chi connectivity index (χ0n) is 13.1. The molecule has 122 valence electrons. The molecule has 1 aliphatic carbocycles. The van der Waals surface area contributed by atoms with E-state index in [4.69, 9.17) is 0 Å². The summed E-state index contributed by atoms with van der Waals surface area (Å²) in [4.78, 5) is 0. The maximum absolute atomic E-state index is 10.2. The van der Waals surface area contributed by atoms with Crippen molar-refractivity contribution in [3.05, 3.63) is 48.6 Å². The molecule has 3 N–H and O–H groups in total. The molecule has 0 amide bonds. The fourth-order valence-electron chi connectivity index (χ4n) is 3.61. The third-order valence-electron chi connectivity index (χ3n) is 4.90. The van der Waals surface area contributed by atoms with E-state index in [1.807, 2.05) is 24.3 Å². The molecule has 1 aliphatic rings. The van der Waals surface area contributed by atoms with Crippen LogP contribution in [0, 0.1) is 11.8 Å². The highest BCUT2D eigenvalue weighted by atomic mass is 16.3. The number of rotatable bonds is 8. The number of benzene rings is 1. The Kier molecular flexibility index (Phi) is 6.62. The van der Waals surface area contributed by atoms with Crippen LogP contribution in [0.3, 0.4) is 0 Å². The predicted octanol–water partition coefficient (Wildman–Crippen LogP) is 2.69. The van der Waals surface area contributed by atoms with Crippen molar-refractivity contribution in [1.29, 1.82) is 0 Å². The van der Waals surface area contributed by atoms with Gasteiger partial charge in [0, 0.05) is 0 Å². The zero-order valence-corrected chi connectivity index (χ0v) is 13.1. The largest absolute Gasteiger partial charge is 0.393 e. The standard InChI is InChI=1S/C19H28O3/c1-2-6-16-17(19(22)13-18(16)21)12-11-15(20)10-9-14-7-4-3-5-8-14/h2-5,7-8,15-22H,1,6,9-13H2/t15-,16?,17-,18?,19?/m1/s1. The number of hydrogen-bond donors (Lipinski definition) is 3. The first-order chi connectivity index (χ1) is 10.6. The monoisotopic (exact) mass is 304 g/mol. The molecule has 0 spiro atoms. The van der Waals surface area contributed by atoms with Gasteiger partial charge >= 0.3 is 0 Å². The lowest BCUT2D eigenvalue weighted by Gasteiger charge is -2.23. The molecule has 0 bridgehead atoms. The Morgan fingerprint density at radius 3 is 2.45 bits per heavy atom. The van der Waals surface area contributed by atoms with Crippen molar-refractivity contribution in [2.24, 2.45) is 11.8 Å². The fourth-order valence-corrected chi connectivity index (χ4v) is 3.61. The van der Waals surface area contributed by atoms with Gasteiger partial charge in [0.25, 0.3) is 0 Å². The predicted molar refractivity (Wildman–Crippen MR) is 88.4 cm³/mol. The quantitative estimate of drug-likeness (QED) is 0.647. The van der Waals surface area contributed by atoms with Crippen molar-refractivity contribution in [3.63, 3.8) is 0 Å². The first-order valence-electron chi connectivity index (χ1n) is 8.30. The maximum Gasteiger partial charge on any atom is 0.0599 e. The van der Waals surface area contributed by atoms with Crippen LogP contribution in [0.1, 0.15) is 37.7 Å². The van der Waals surface area contributed by atoms with Gasteiger partial charge in [-0.25, -0.2) is 0 Å². The van der Waals surface area contributed by atoms with E-state index in [9.17, 15) is 15.3 Å². The summed E-state index contributed by atoms with van der Waals surface area (Å²) in [5.41, 5.74) is 1.24. The Hall–Kier alpha value is -1.16. The first-order valence-corrected chi connectivity index (χ1v) is 8.30. The molecule has 3 unspecified atom stereocenters. The van der Waals surface area contributed by atoms with Crippen LogP contribution in [0.5, 0.6) is 0 Å². The van der Waals surface area contributed by atoms with Gasteiger partial charge in [0.2, 0.25) is 0 Å². The lowest BCUT2D eigenvalue weighted by molar-refractivity contribution is 0.0857. The molecular formula is C19H28O3. The molecule has 2 rings (SSSR count). The Morgan fingerprint density at radius 1 is 1.09 bits per heavy atom. The second-order valence-electron chi connectivity index (χ2n) is 6.48. The fraction of sp³-hybridized carbons (Fsp3) is 0.579. The van der Waals surface area contributed by atoms with E-state index in [1.54, 1.807) is 0 Å². The second kappa shape index (κ2) is 8.47. The highest BCUT2D eigenvalue weighted by molar-refractivity contribution is 5.14. The zero-order chi connectivity index (χ0) is 15.9.